The predicted molar refractivity (Wildman–Crippen MR) is 127 cm³/mol. The Balaban J connectivity index is 1.39. The molecule has 32 heavy (non-hydrogen) atoms. The molecule has 0 aromatic heterocycles. The molecule has 2 aliphatic heterocycles. The summed E-state index contributed by atoms with van der Waals surface area (Å²) >= 11 is 1.35. The standard InChI is InChI=1S/C26H28N2O3S/c1-15(2)13-28-14-23(20-6-4-5-7-22(20)25(28)29)31-18-9-11-19-17(12-18)8-10-21(19)24-16(3)27-26(30)32-24/h4-7,9,11-12,15,21,23-24H,3,8,10,13-14H2,1-2H3,(H,27,30)/t21-,23?,24?/m1/s1. The fourth-order valence-electron chi connectivity index (χ4n) is 5.15. The van der Waals surface area contributed by atoms with E-state index in [2.05, 4.69) is 37.9 Å². The highest BCUT2D eigenvalue weighted by Crippen LogP contribution is 2.45. The van der Waals surface area contributed by atoms with Crippen molar-refractivity contribution < 1.29 is 14.3 Å². The van der Waals surface area contributed by atoms with Gasteiger partial charge in [0.05, 0.1) is 11.8 Å². The van der Waals surface area contributed by atoms with Gasteiger partial charge in [-0.1, -0.05) is 56.5 Å². The first-order chi connectivity index (χ1) is 15.4. The fourth-order valence-corrected chi connectivity index (χ4v) is 6.21. The normalized spacial score (nSPS) is 24.5. The van der Waals surface area contributed by atoms with Gasteiger partial charge >= 0.3 is 0 Å². The SMILES string of the molecule is C=C1NC(=O)SC1[C@@H]1CCc2cc(OC3CN(CC(C)C)C(=O)c4ccccc43)ccc21. The molecular weight excluding hydrogens is 420 g/mol. The number of aryl methyl sites for hydroxylation is 1. The van der Waals surface area contributed by atoms with E-state index in [1.54, 1.807) is 0 Å². The van der Waals surface area contributed by atoms with Gasteiger partial charge in [0.15, 0.2) is 0 Å². The lowest BCUT2D eigenvalue weighted by atomic mass is 9.95. The first-order valence-corrected chi connectivity index (χ1v) is 12.1. The number of carbonyl (C=O) groups excluding carboxylic acids is 2. The maximum absolute atomic E-state index is 12.9. The highest BCUT2D eigenvalue weighted by molar-refractivity contribution is 8.14. The second kappa shape index (κ2) is 8.32. The van der Waals surface area contributed by atoms with Crippen LogP contribution in [0.15, 0.2) is 54.7 Å². The van der Waals surface area contributed by atoms with E-state index in [0.717, 1.165) is 35.4 Å². The molecule has 0 saturated carbocycles. The Labute approximate surface area is 193 Å². The van der Waals surface area contributed by atoms with Crippen molar-refractivity contribution in [1.29, 1.82) is 0 Å². The number of nitrogens with one attached hydrogen (secondary N) is 1. The molecule has 2 unspecified atom stereocenters. The summed E-state index contributed by atoms with van der Waals surface area (Å²) in [5.41, 5.74) is 5.07. The maximum atomic E-state index is 12.9. The molecule has 0 spiro atoms. The Morgan fingerprint density at radius 1 is 1.19 bits per heavy atom. The van der Waals surface area contributed by atoms with E-state index in [4.69, 9.17) is 4.74 Å². The third kappa shape index (κ3) is 3.81. The summed E-state index contributed by atoms with van der Waals surface area (Å²) in [5, 5.41) is 2.93. The number of nitrogens with zero attached hydrogens (tertiary/aromatic N) is 1. The monoisotopic (exact) mass is 448 g/mol. The lowest BCUT2D eigenvalue weighted by Gasteiger charge is -2.35. The molecule has 3 atom stereocenters. The Morgan fingerprint density at radius 3 is 2.75 bits per heavy atom. The Morgan fingerprint density at radius 2 is 2.00 bits per heavy atom. The van der Waals surface area contributed by atoms with Crippen molar-refractivity contribution in [1.82, 2.24) is 10.2 Å². The molecule has 2 aromatic rings. The van der Waals surface area contributed by atoms with Gasteiger partial charge in [0, 0.05) is 29.3 Å². The molecule has 2 amide bonds. The van der Waals surface area contributed by atoms with Gasteiger partial charge in [-0.3, -0.25) is 9.59 Å². The second-order valence-corrected chi connectivity index (χ2v) is 10.4. The second-order valence-electron chi connectivity index (χ2n) is 9.28. The number of carbonyl (C=O) groups is 2. The van der Waals surface area contributed by atoms with Crippen LogP contribution in [0.25, 0.3) is 0 Å². The van der Waals surface area contributed by atoms with Crippen LogP contribution >= 0.6 is 11.8 Å². The summed E-state index contributed by atoms with van der Waals surface area (Å²) in [5.74, 6) is 1.61. The minimum atomic E-state index is -0.190. The van der Waals surface area contributed by atoms with Crippen molar-refractivity contribution in [2.45, 2.75) is 44.0 Å². The molecule has 1 saturated heterocycles. The highest BCUT2D eigenvalue weighted by Gasteiger charge is 2.38. The highest BCUT2D eigenvalue weighted by atomic mass is 32.2. The van der Waals surface area contributed by atoms with Crippen molar-refractivity contribution >= 4 is 22.9 Å². The summed E-state index contributed by atoms with van der Waals surface area (Å²) in [6.45, 7) is 9.57. The molecule has 6 heteroatoms. The molecule has 3 aliphatic rings. The largest absolute Gasteiger partial charge is 0.484 e. The molecule has 2 aromatic carbocycles. The average molecular weight is 449 g/mol. The third-order valence-corrected chi connectivity index (χ3v) is 7.70. The van der Waals surface area contributed by atoms with Crippen molar-refractivity contribution in [2.24, 2.45) is 5.92 Å². The molecule has 5 nitrogen and oxygen atoms in total. The molecule has 1 fully saturated rings. The third-order valence-electron chi connectivity index (χ3n) is 6.52. The van der Waals surface area contributed by atoms with Crippen LogP contribution in [-0.2, 0) is 6.42 Å². The zero-order valence-electron chi connectivity index (χ0n) is 18.5. The Hall–Kier alpha value is -2.73. The van der Waals surface area contributed by atoms with Crippen LogP contribution in [-0.4, -0.2) is 34.4 Å². The molecule has 1 N–H and O–H groups in total. The number of hydrogen-bond donors (Lipinski definition) is 1. The molecule has 0 bridgehead atoms. The summed E-state index contributed by atoms with van der Waals surface area (Å²) in [6.07, 6.45) is 1.78. The summed E-state index contributed by atoms with van der Waals surface area (Å²) < 4.78 is 6.48. The lowest BCUT2D eigenvalue weighted by Crippen LogP contribution is -2.43. The van der Waals surface area contributed by atoms with Gasteiger partial charge in [-0.05, 0) is 48.1 Å². The van der Waals surface area contributed by atoms with Gasteiger partial charge in [-0.15, -0.1) is 0 Å². The van der Waals surface area contributed by atoms with Crippen LogP contribution in [0.2, 0.25) is 0 Å². The van der Waals surface area contributed by atoms with Crippen LogP contribution < -0.4 is 10.1 Å². The van der Waals surface area contributed by atoms with Crippen LogP contribution in [0.4, 0.5) is 4.79 Å². The zero-order chi connectivity index (χ0) is 22.4. The van der Waals surface area contributed by atoms with E-state index >= 15 is 0 Å². The number of amides is 2. The zero-order valence-corrected chi connectivity index (χ0v) is 19.3. The summed E-state index contributed by atoms with van der Waals surface area (Å²) in [6, 6.07) is 14.1. The van der Waals surface area contributed by atoms with E-state index in [-0.39, 0.29) is 22.5 Å². The molecular formula is C26H28N2O3S. The minimum absolute atomic E-state index is 0.00938. The van der Waals surface area contributed by atoms with Crippen LogP contribution in [0.3, 0.4) is 0 Å². The molecule has 1 aliphatic carbocycles. The van der Waals surface area contributed by atoms with E-state index < -0.39 is 0 Å². The quantitative estimate of drug-likeness (QED) is 0.675. The molecule has 5 rings (SSSR count). The smallest absolute Gasteiger partial charge is 0.283 e. The number of rotatable bonds is 5. The molecule has 0 radical (unpaired) electrons. The Bertz CT molecular complexity index is 1100. The number of ether oxygens (including phenoxy) is 1. The van der Waals surface area contributed by atoms with Crippen molar-refractivity contribution in [3.8, 4) is 5.75 Å². The lowest BCUT2D eigenvalue weighted by molar-refractivity contribution is 0.0571. The molecule has 2 heterocycles. The van der Waals surface area contributed by atoms with Gasteiger partial charge in [0.25, 0.3) is 11.1 Å². The minimum Gasteiger partial charge on any atom is -0.484 e. The Kier molecular flexibility index (Phi) is 5.49. The predicted octanol–water partition coefficient (Wildman–Crippen LogP) is 5.29. The summed E-state index contributed by atoms with van der Waals surface area (Å²) in [4.78, 5) is 26.6. The number of benzene rings is 2. The number of hydrogen-bond acceptors (Lipinski definition) is 4. The van der Waals surface area contributed by atoms with E-state index in [1.807, 2.05) is 35.2 Å². The fraction of sp³-hybridized carbons (Fsp3) is 0.385. The summed E-state index contributed by atoms with van der Waals surface area (Å²) in [7, 11) is 0. The number of thioether (sulfide) groups is 1. The topological polar surface area (TPSA) is 58.6 Å². The number of fused-ring (bicyclic) bond motifs is 2. The van der Waals surface area contributed by atoms with Gasteiger partial charge < -0.3 is 15.0 Å². The van der Waals surface area contributed by atoms with Crippen LogP contribution in [0.5, 0.6) is 5.75 Å². The van der Waals surface area contributed by atoms with Gasteiger partial charge in [-0.25, -0.2) is 0 Å². The van der Waals surface area contributed by atoms with Gasteiger partial charge in [-0.2, -0.15) is 0 Å². The first kappa shape index (κ1) is 21.1. The molecule has 166 valence electrons. The van der Waals surface area contributed by atoms with Crippen LogP contribution in [0, 0.1) is 5.92 Å². The van der Waals surface area contributed by atoms with Gasteiger partial charge in [0.1, 0.15) is 11.9 Å². The van der Waals surface area contributed by atoms with Crippen molar-refractivity contribution in [3.05, 3.63) is 77.0 Å². The van der Waals surface area contributed by atoms with Crippen molar-refractivity contribution in [2.75, 3.05) is 13.1 Å². The van der Waals surface area contributed by atoms with Crippen molar-refractivity contribution in [3.63, 3.8) is 0 Å². The first-order valence-electron chi connectivity index (χ1n) is 11.2. The van der Waals surface area contributed by atoms with E-state index in [9.17, 15) is 9.59 Å². The van der Waals surface area contributed by atoms with E-state index in [1.165, 1.54) is 22.9 Å². The van der Waals surface area contributed by atoms with Gasteiger partial charge in [0.2, 0.25) is 0 Å². The van der Waals surface area contributed by atoms with Crippen LogP contribution in [0.1, 0.15) is 59.3 Å². The maximum Gasteiger partial charge on any atom is 0.283 e. The van der Waals surface area contributed by atoms with E-state index in [0.29, 0.717) is 24.9 Å². The average Bonchev–Trinajstić information content (AvgIpc) is 3.32.